The minimum absolute atomic E-state index is 0.0256. The summed E-state index contributed by atoms with van der Waals surface area (Å²) in [6.07, 6.45) is 1.65. The quantitative estimate of drug-likeness (QED) is 0.742. The van der Waals surface area contributed by atoms with E-state index < -0.39 is 16.7 Å². The summed E-state index contributed by atoms with van der Waals surface area (Å²) in [6.45, 7) is 2.40. The van der Waals surface area contributed by atoms with Crippen molar-refractivity contribution in [3.05, 3.63) is 17.8 Å². The van der Waals surface area contributed by atoms with Gasteiger partial charge in [-0.05, 0) is 19.1 Å². The topological polar surface area (TPSA) is 98.0 Å². The summed E-state index contributed by atoms with van der Waals surface area (Å²) in [4.78, 5) is 10.7. The van der Waals surface area contributed by atoms with Crippen LogP contribution in [-0.4, -0.2) is 38.4 Å². The Morgan fingerprint density at radius 1 is 1.56 bits per heavy atom. The molecule has 88 valence electrons. The Morgan fingerprint density at radius 3 is 2.69 bits per heavy atom. The van der Waals surface area contributed by atoms with Crippen LogP contribution in [0.25, 0.3) is 0 Å². The summed E-state index contributed by atoms with van der Waals surface area (Å²) < 4.78 is 11.1. The van der Waals surface area contributed by atoms with Crippen LogP contribution in [0.5, 0.6) is 0 Å². The van der Waals surface area contributed by atoms with Gasteiger partial charge in [0.25, 0.3) is 5.91 Å². The lowest BCUT2D eigenvalue weighted by Gasteiger charge is -2.09. The van der Waals surface area contributed by atoms with Crippen LogP contribution in [0.2, 0.25) is 0 Å². The lowest BCUT2D eigenvalue weighted by Crippen LogP contribution is -2.21. The summed E-state index contributed by atoms with van der Waals surface area (Å²) in [5.41, 5.74) is 5.15. The first kappa shape index (κ1) is 12.6. The van der Waals surface area contributed by atoms with Crippen LogP contribution >= 0.6 is 0 Å². The van der Waals surface area contributed by atoms with Gasteiger partial charge in [0.1, 0.15) is 5.82 Å². The number of hydrogen-bond donors (Lipinski definition) is 2. The van der Waals surface area contributed by atoms with Crippen molar-refractivity contribution in [1.82, 2.24) is 10.2 Å². The SMILES string of the molecule is CC(CNc1ccc(C(N)=O)nn1)S(C)=O. The van der Waals surface area contributed by atoms with Gasteiger partial charge in [0.15, 0.2) is 5.69 Å². The molecule has 1 rings (SSSR count). The van der Waals surface area contributed by atoms with Gasteiger partial charge in [-0.15, -0.1) is 10.2 Å². The molecule has 0 radical (unpaired) electrons. The Balaban J connectivity index is 2.56. The van der Waals surface area contributed by atoms with E-state index in [4.69, 9.17) is 5.73 Å². The van der Waals surface area contributed by atoms with Crippen molar-refractivity contribution in [3.8, 4) is 0 Å². The minimum Gasteiger partial charge on any atom is -0.367 e. The second-order valence-corrected chi connectivity index (χ2v) is 5.16. The molecule has 6 nitrogen and oxygen atoms in total. The normalized spacial score (nSPS) is 14.1. The van der Waals surface area contributed by atoms with E-state index in [0.29, 0.717) is 12.4 Å². The van der Waals surface area contributed by atoms with E-state index in [1.807, 2.05) is 6.92 Å². The van der Waals surface area contributed by atoms with Crippen molar-refractivity contribution in [2.24, 2.45) is 5.73 Å². The molecule has 2 atom stereocenters. The van der Waals surface area contributed by atoms with Gasteiger partial charge in [-0.1, -0.05) is 0 Å². The summed E-state index contributed by atoms with van der Waals surface area (Å²) in [5, 5.41) is 10.4. The molecule has 0 spiro atoms. The fourth-order valence-corrected chi connectivity index (χ4v) is 1.24. The minimum atomic E-state index is -0.880. The Morgan fingerprint density at radius 2 is 2.25 bits per heavy atom. The fourth-order valence-electron chi connectivity index (χ4n) is 0.924. The monoisotopic (exact) mass is 242 g/mol. The van der Waals surface area contributed by atoms with Crippen molar-refractivity contribution in [2.45, 2.75) is 12.2 Å². The lowest BCUT2D eigenvalue weighted by molar-refractivity contribution is 0.0994. The second kappa shape index (κ2) is 5.55. The van der Waals surface area contributed by atoms with Gasteiger partial charge < -0.3 is 11.1 Å². The van der Waals surface area contributed by atoms with Crippen molar-refractivity contribution in [3.63, 3.8) is 0 Å². The molecular weight excluding hydrogens is 228 g/mol. The largest absolute Gasteiger partial charge is 0.367 e. The molecule has 2 unspecified atom stereocenters. The number of nitrogens with two attached hydrogens (primary N) is 1. The average molecular weight is 242 g/mol. The maximum atomic E-state index is 11.1. The van der Waals surface area contributed by atoms with E-state index in [9.17, 15) is 9.00 Å². The molecule has 16 heavy (non-hydrogen) atoms. The number of nitrogens with one attached hydrogen (secondary N) is 1. The molecule has 0 aliphatic rings. The molecule has 0 aliphatic heterocycles. The van der Waals surface area contributed by atoms with E-state index in [2.05, 4.69) is 15.5 Å². The number of primary amides is 1. The zero-order chi connectivity index (χ0) is 12.1. The first-order valence-electron chi connectivity index (χ1n) is 4.70. The Labute approximate surface area is 96.1 Å². The fraction of sp³-hybridized carbons (Fsp3) is 0.444. The third-order valence-electron chi connectivity index (χ3n) is 2.05. The van der Waals surface area contributed by atoms with Gasteiger partial charge >= 0.3 is 0 Å². The number of carbonyl (C=O) groups is 1. The number of carbonyl (C=O) groups excluding carboxylic acids is 1. The van der Waals surface area contributed by atoms with Crippen LogP contribution in [0.1, 0.15) is 17.4 Å². The Kier molecular flexibility index (Phi) is 4.36. The predicted octanol–water partition coefficient (Wildman–Crippen LogP) is -0.246. The molecule has 0 fully saturated rings. The van der Waals surface area contributed by atoms with Gasteiger partial charge in [-0.3, -0.25) is 9.00 Å². The summed E-state index contributed by atoms with van der Waals surface area (Å²) in [6, 6.07) is 3.10. The number of nitrogens with zero attached hydrogens (tertiary/aromatic N) is 2. The number of anilines is 1. The van der Waals surface area contributed by atoms with E-state index in [1.54, 1.807) is 12.3 Å². The van der Waals surface area contributed by atoms with E-state index in [-0.39, 0.29) is 10.9 Å². The maximum absolute atomic E-state index is 11.1. The highest BCUT2D eigenvalue weighted by atomic mass is 32.2. The molecule has 0 saturated heterocycles. The average Bonchev–Trinajstić information content (AvgIpc) is 2.26. The van der Waals surface area contributed by atoms with E-state index >= 15 is 0 Å². The smallest absolute Gasteiger partial charge is 0.269 e. The van der Waals surface area contributed by atoms with Crippen LogP contribution in [0.15, 0.2) is 12.1 Å². The number of amides is 1. The summed E-state index contributed by atoms with van der Waals surface area (Å²) >= 11 is 0. The third-order valence-corrected chi connectivity index (χ3v) is 3.35. The lowest BCUT2D eigenvalue weighted by atomic mass is 10.3. The highest BCUT2D eigenvalue weighted by Gasteiger charge is 2.07. The Bertz CT molecular complexity index is 393. The van der Waals surface area contributed by atoms with Crippen molar-refractivity contribution in [1.29, 1.82) is 0 Å². The van der Waals surface area contributed by atoms with E-state index in [1.165, 1.54) is 6.07 Å². The molecule has 7 heteroatoms. The predicted molar refractivity (Wildman–Crippen MR) is 62.6 cm³/mol. The standard InChI is InChI=1S/C9H14N4O2S/c1-6(16(2)15)5-11-8-4-3-7(9(10)14)12-13-8/h3-4,6H,5H2,1-2H3,(H2,10,14)(H,11,13). The first-order chi connectivity index (χ1) is 7.50. The van der Waals surface area contributed by atoms with Gasteiger partial charge in [0, 0.05) is 28.9 Å². The molecule has 1 heterocycles. The van der Waals surface area contributed by atoms with Crippen LogP contribution < -0.4 is 11.1 Å². The first-order valence-corrected chi connectivity index (χ1v) is 6.32. The van der Waals surface area contributed by atoms with Crippen molar-refractivity contribution in [2.75, 3.05) is 18.1 Å². The number of hydrogen-bond acceptors (Lipinski definition) is 5. The van der Waals surface area contributed by atoms with Gasteiger partial charge in [0.05, 0.1) is 0 Å². The van der Waals surface area contributed by atoms with Gasteiger partial charge in [-0.2, -0.15) is 0 Å². The molecule has 1 amide bonds. The van der Waals surface area contributed by atoms with Gasteiger partial charge in [-0.25, -0.2) is 0 Å². The molecule has 0 aliphatic carbocycles. The number of aromatic nitrogens is 2. The number of rotatable bonds is 5. The van der Waals surface area contributed by atoms with Crippen LogP contribution in [0.4, 0.5) is 5.82 Å². The van der Waals surface area contributed by atoms with Crippen molar-refractivity contribution < 1.29 is 9.00 Å². The summed E-state index contributed by atoms with van der Waals surface area (Å²) in [5.74, 6) is -0.0793. The van der Waals surface area contributed by atoms with Crippen LogP contribution in [0.3, 0.4) is 0 Å². The van der Waals surface area contributed by atoms with E-state index in [0.717, 1.165) is 0 Å². The Hall–Kier alpha value is -1.50. The molecule has 0 aromatic carbocycles. The zero-order valence-corrected chi connectivity index (χ0v) is 9.95. The molecule has 3 N–H and O–H groups in total. The molecule has 0 bridgehead atoms. The van der Waals surface area contributed by atoms with Crippen LogP contribution in [-0.2, 0) is 10.8 Å². The van der Waals surface area contributed by atoms with Crippen LogP contribution in [0, 0.1) is 0 Å². The molecule has 1 aromatic heterocycles. The zero-order valence-electron chi connectivity index (χ0n) is 9.14. The highest BCUT2D eigenvalue weighted by molar-refractivity contribution is 7.84. The molecular formula is C9H14N4O2S. The highest BCUT2D eigenvalue weighted by Crippen LogP contribution is 2.02. The third kappa shape index (κ3) is 3.58. The molecule has 1 aromatic rings. The summed E-state index contributed by atoms with van der Waals surface area (Å²) in [7, 11) is -0.880. The van der Waals surface area contributed by atoms with Crippen molar-refractivity contribution >= 4 is 22.5 Å². The second-order valence-electron chi connectivity index (χ2n) is 3.36. The molecule has 0 saturated carbocycles. The maximum Gasteiger partial charge on any atom is 0.269 e. The van der Waals surface area contributed by atoms with Gasteiger partial charge in [0.2, 0.25) is 0 Å².